The number of anilines is 1. The molecule has 0 atom stereocenters. The van der Waals surface area contributed by atoms with E-state index in [1.807, 2.05) is 6.07 Å². The number of hydrogen-bond acceptors (Lipinski definition) is 4. The van der Waals surface area contributed by atoms with Crippen LogP contribution in [-0.4, -0.2) is 15.5 Å². The molecule has 0 unspecified atom stereocenters. The number of pyridine rings is 1. The molecule has 2 heterocycles. The lowest BCUT2D eigenvalue weighted by atomic mass is 10.2. The van der Waals surface area contributed by atoms with Crippen molar-refractivity contribution in [2.45, 2.75) is 0 Å². The fraction of sp³-hybridized carbons (Fsp3) is 0. The first kappa shape index (κ1) is 10.7. The second kappa shape index (κ2) is 3.98. The topological polar surface area (TPSA) is 111 Å². The molecule has 0 bridgehead atoms. The Kier molecular flexibility index (Phi) is 2.51. The number of aromatic nitrogens is 2. The van der Waals surface area contributed by atoms with E-state index in [-0.39, 0.29) is 5.56 Å². The van der Waals surface area contributed by atoms with Crippen LogP contribution in [0.1, 0.15) is 16.1 Å². The van der Waals surface area contributed by atoms with Crippen molar-refractivity contribution in [2.75, 3.05) is 5.73 Å². The van der Waals surface area contributed by atoms with E-state index < -0.39 is 5.91 Å². The zero-order chi connectivity index (χ0) is 12.4. The molecule has 6 heteroatoms. The number of carbonyl (C=O) groups is 1. The molecule has 0 saturated carbocycles. The number of amides is 1. The summed E-state index contributed by atoms with van der Waals surface area (Å²) in [6.07, 6.45) is 3.03. The summed E-state index contributed by atoms with van der Waals surface area (Å²) in [4.78, 5) is 15.3. The van der Waals surface area contributed by atoms with Gasteiger partial charge >= 0.3 is 0 Å². The lowest BCUT2D eigenvalue weighted by molar-refractivity contribution is 0.1000. The van der Waals surface area contributed by atoms with Crippen LogP contribution in [0.15, 0.2) is 30.6 Å². The lowest BCUT2D eigenvalue weighted by Gasteiger charge is -2.08. The molecule has 0 spiro atoms. The average Bonchev–Trinajstić information content (AvgIpc) is 2.76. The number of hydrogen-bond donors (Lipinski definition) is 2. The quantitative estimate of drug-likeness (QED) is 0.774. The maximum absolute atomic E-state index is 11.3. The Balaban J connectivity index is 2.68. The van der Waals surface area contributed by atoms with Crippen molar-refractivity contribution in [1.29, 1.82) is 5.26 Å². The highest BCUT2D eigenvalue weighted by Gasteiger charge is 2.13. The molecule has 0 aromatic carbocycles. The summed E-state index contributed by atoms with van der Waals surface area (Å²) in [5.74, 6) is -0.342. The highest BCUT2D eigenvalue weighted by Crippen LogP contribution is 2.16. The molecular weight excluding hydrogens is 218 g/mol. The number of nitrogen functional groups attached to an aromatic ring is 1. The van der Waals surface area contributed by atoms with Crippen LogP contribution < -0.4 is 11.5 Å². The molecule has 0 aliphatic carbocycles. The summed E-state index contributed by atoms with van der Waals surface area (Å²) < 4.78 is 1.49. The lowest BCUT2D eigenvalue weighted by Crippen LogP contribution is -2.16. The van der Waals surface area contributed by atoms with Gasteiger partial charge in [0.1, 0.15) is 11.8 Å². The highest BCUT2D eigenvalue weighted by molar-refractivity contribution is 5.96. The first-order valence-corrected chi connectivity index (χ1v) is 4.76. The van der Waals surface area contributed by atoms with Crippen LogP contribution in [0.5, 0.6) is 0 Å². The Bertz CT molecular complexity index is 623. The van der Waals surface area contributed by atoms with Crippen molar-refractivity contribution in [3.05, 3.63) is 41.9 Å². The third kappa shape index (κ3) is 1.81. The van der Waals surface area contributed by atoms with Gasteiger partial charge in [0, 0.05) is 6.20 Å². The third-order valence-electron chi connectivity index (χ3n) is 2.24. The van der Waals surface area contributed by atoms with Crippen molar-refractivity contribution in [2.24, 2.45) is 5.73 Å². The van der Waals surface area contributed by atoms with E-state index in [2.05, 4.69) is 4.98 Å². The molecule has 6 nitrogen and oxygen atoms in total. The monoisotopic (exact) mass is 227 g/mol. The van der Waals surface area contributed by atoms with Gasteiger partial charge in [-0.15, -0.1) is 0 Å². The van der Waals surface area contributed by atoms with Gasteiger partial charge in [-0.25, -0.2) is 4.98 Å². The first-order chi connectivity index (χ1) is 8.13. The second-order valence-corrected chi connectivity index (χ2v) is 3.38. The molecule has 4 N–H and O–H groups in total. The van der Waals surface area contributed by atoms with Gasteiger partial charge in [-0.2, -0.15) is 5.26 Å². The highest BCUT2D eigenvalue weighted by atomic mass is 16.1. The Morgan fingerprint density at radius 3 is 2.94 bits per heavy atom. The normalized spacial score (nSPS) is 9.82. The van der Waals surface area contributed by atoms with Crippen LogP contribution in [0, 0.1) is 11.3 Å². The van der Waals surface area contributed by atoms with Crippen LogP contribution >= 0.6 is 0 Å². The molecule has 17 heavy (non-hydrogen) atoms. The first-order valence-electron chi connectivity index (χ1n) is 4.76. The number of nitriles is 1. The van der Waals surface area contributed by atoms with E-state index in [1.165, 1.54) is 16.8 Å². The number of nitrogens with zero attached hydrogens (tertiary/aromatic N) is 3. The summed E-state index contributed by atoms with van der Waals surface area (Å²) in [6, 6.07) is 6.73. The zero-order valence-corrected chi connectivity index (χ0v) is 8.79. The smallest absolute Gasteiger partial charge is 0.252 e. The van der Waals surface area contributed by atoms with Crippen LogP contribution in [0.3, 0.4) is 0 Å². The van der Waals surface area contributed by atoms with Crippen LogP contribution in [0.4, 0.5) is 5.69 Å². The summed E-state index contributed by atoms with van der Waals surface area (Å²) in [6.45, 7) is 0. The van der Waals surface area contributed by atoms with Crippen molar-refractivity contribution < 1.29 is 4.79 Å². The fourth-order valence-corrected chi connectivity index (χ4v) is 1.50. The Morgan fingerprint density at radius 2 is 2.29 bits per heavy atom. The molecule has 0 fully saturated rings. The van der Waals surface area contributed by atoms with Gasteiger partial charge in [-0.3, -0.25) is 9.36 Å². The molecule has 0 saturated heterocycles. The van der Waals surface area contributed by atoms with Gasteiger partial charge < -0.3 is 11.5 Å². The van der Waals surface area contributed by atoms with Crippen molar-refractivity contribution in [1.82, 2.24) is 9.55 Å². The Hall–Kier alpha value is -2.81. The molecule has 2 rings (SSSR count). The summed E-state index contributed by atoms with van der Waals surface area (Å²) in [7, 11) is 0. The molecule has 0 aliphatic heterocycles. The van der Waals surface area contributed by atoms with Gasteiger partial charge in [0.2, 0.25) is 0 Å². The van der Waals surface area contributed by atoms with E-state index in [4.69, 9.17) is 16.7 Å². The number of rotatable bonds is 2. The number of nitrogens with two attached hydrogens (primary N) is 2. The molecule has 2 aromatic heterocycles. The van der Waals surface area contributed by atoms with Gasteiger partial charge in [0.15, 0.2) is 5.82 Å². The molecule has 1 amide bonds. The van der Waals surface area contributed by atoms with Crippen LogP contribution in [-0.2, 0) is 0 Å². The maximum atomic E-state index is 11.3. The van der Waals surface area contributed by atoms with Gasteiger partial charge in [-0.1, -0.05) is 0 Å². The van der Waals surface area contributed by atoms with Crippen LogP contribution in [0.2, 0.25) is 0 Å². The molecule has 0 aliphatic rings. The SMILES string of the molecule is N#Cc1cccn1-c1ncc(N)cc1C(N)=O. The van der Waals surface area contributed by atoms with E-state index in [9.17, 15) is 4.79 Å². The number of primary amides is 1. The molecule has 2 aromatic rings. The molecule has 0 radical (unpaired) electrons. The number of carbonyl (C=O) groups excluding carboxylic acids is 1. The zero-order valence-electron chi connectivity index (χ0n) is 8.79. The molecular formula is C11H9N5O. The maximum Gasteiger partial charge on any atom is 0.252 e. The van der Waals surface area contributed by atoms with Crippen molar-refractivity contribution in [3.63, 3.8) is 0 Å². The minimum Gasteiger partial charge on any atom is -0.397 e. The third-order valence-corrected chi connectivity index (χ3v) is 2.24. The van der Waals surface area contributed by atoms with Gasteiger partial charge in [0.25, 0.3) is 5.91 Å². The van der Waals surface area contributed by atoms with E-state index >= 15 is 0 Å². The van der Waals surface area contributed by atoms with Gasteiger partial charge in [-0.05, 0) is 18.2 Å². The average molecular weight is 227 g/mol. The molecule has 84 valence electrons. The predicted octanol–water partition coefficient (Wildman–Crippen LogP) is 0.425. The van der Waals surface area contributed by atoms with E-state index in [0.717, 1.165) is 0 Å². The predicted molar refractivity (Wildman–Crippen MR) is 61.2 cm³/mol. The minimum absolute atomic E-state index is 0.178. The summed E-state index contributed by atoms with van der Waals surface area (Å²) in [5, 5.41) is 8.91. The largest absolute Gasteiger partial charge is 0.397 e. The standard InChI is InChI=1S/C11H9N5O/c12-5-8-2-1-3-16(8)11-9(10(14)17)4-7(13)6-15-11/h1-4,6H,13H2,(H2,14,17). The van der Waals surface area contributed by atoms with E-state index in [0.29, 0.717) is 17.2 Å². The second-order valence-electron chi connectivity index (χ2n) is 3.38. The fourth-order valence-electron chi connectivity index (χ4n) is 1.50. The van der Waals surface area contributed by atoms with Crippen molar-refractivity contribution in [3.8, 4) is 11.9 Å². The summed E-state index contributed by atoms with van der Waals surface area (Å²) in [5.41, 5.74) is 11.7. The van der Waals surface area contributed by atoms with Crippen LogP contribution in [0.25, 0.3) is 5.82 Å². The van der Waals surface area contributed by atoms with Crippen molar-refractivity contribution >= 4 is 11.6 Å². The van der Waals surface area contributed by atoms with Gasteiger partial charge in [0.05, 0.1) is 17.4 Å². The Morgan fingerprint density at radius 1 is 1.53 bits per heavy atom. The minimum atomic E-state index is -0.641. The Labute approximate surface area is 97.1 Å². The van der Waals surface area contributed by atoms with E-state index in [1.54, 1.807) is 18.3 Å². The summed E-state index contributed by atoms with van der Waals surface area (Å²) >= 11 is 0.